The van der Waals surface area contributed by atoms with E-state index in [-0.39, 0.29) is 40.3 Å². The van der Waals surface area contributed by atoms with E-state index in [2.05, 4.69) is 0 Å². The van der Waals surface area contributed by atoms with Crippen molar-refractivity contribution in [3.8, 4) is 0 Å². The highest BCUT2D eigenvalue weighted by molar-refractivity contribution is 6.30. The summed E-state index contributed by atoms with van der Waals surface area (Å²) >= 11 is 6.06. The molecule has 0 amide bonds. The van der Waals surface area contributed by atoms with Crippen LogP contribution >= 0.6 is 11.6 Å². The Hall–Kier alpha value is -2.37. The minimum absolute atomic E-state index is 0. The van der Waals surface area contributed by atoms with Crippen LogP contribution in [-0.2, 0) is 19.4 Å². The second-order valence-corrected chi connectivity index (χ2v) is 7.95. The Morgan fingerprint density at radius 3 is 2.73 bits per heavy atom. The number of Topliss-reactive ketones (excluding diaryl/α,β-unsaturated/α-hetero) is 2. The molecule has 0 N–H and O–H groups in total. The lowest BCUT2D eigenvalue weighted by molar-refractivity contribution is -0.688. The first-order chi connectivity index (χ1) is 13.9. The molecule has 0 fully saturated rings. The molecule has 1 aromatic heterocycles. The van der Waals surface area contributed by atoms with Crippen molar-refractivity contribution in [3.63, 3.8) is 0 Å². The summed E-state index contributed by atoms with van der Waals surface area (Å²) in [5.41, 5.74) is 3.81. The van der Waals surface area contributed by atoms with Crippen LogP contribution in [0, 0.1) is 11.7 Å². The van der Waals surface area contributed by atoms with Crippen LogP contribution in [0.25, 0.3) is 0 Å². The van der Waals surface area contributed by atoms with Gasteiger partial charge in [-0.1, -0.05) is 23.7 Å². The lowest BCUT2D eigenvalue weighted by Gasteiger charge is -2.11. The van der Waals surface area contributed by atoms with E-state index in [0.29, 0.717) is 35.5 Å². The topological polar surface area (TPSA) is 38.0 Å². The maximum Gasteiger partial charge on any atom is 0.180 e. The molecule has 1 aliphatic carbocycles. The molecule has 154 valence electrons. The Kier molecular flexibility index (Phi) is 6.84. The van der Waals surface area contributed by atoms with Crippen LogP contribution in [0.3, 0.4) is 0 Å². The quantitative estimate of drug-likeness (QED) is 0.404. The zero-order valence-electron chi connectivity index (χ0n) is 16.4. The van der Waals surface area contributed by atoms with Crippen LogP contribution in [0.15, 0.2) is 60.9 Å². The lowest BCUT2D eigenvalue weighted by atomic mass is 9.92. The van der Waals surface area contributed by atoms with Gasteiger partial charge in [0.15, 0.2) is 30.5 Å². The van der Waals surface area contributed by atoms with E-state index in [9.17, 15) is 14.0 Å². The normalized spacial score (nSPS) is 14.9. The largest absolute Gasteiger partial charge is 1.00 e. The number of fused-ring (bicyclic) bond motifs is 1. The van der Waals surface area contributed by atoms with Gasteiger partial charge in [0.25, 0.3) is 0 Å². The number of aromatic nitrogens is 1. The molecule has 1 atom stereocenters. The average Bonchev–Trinajstić information content (AvgIpc) is 2.97. The van der Waals surface area contributed by atoms with E-state index in [1.807, 2.05) is 47.3 Å². The number of ketones is 2. The van der Waals surface area contributed by atoms with Gasteiger partial charge in [-0.15, -0.1) is 0 Å². The molecule has 1 heterocycles. The summed E-state index contributed by atoms with van der Waals surface area (Å²) in [7, 11) is 0. The number of pyridine rings is 1. The number of benzene rings is 2. The Bertz CT molecular complexity index is 1130. The summed E-state index contributed by atoms with van der Waals surface area (Å²) in [4.78, 5) is 25.0. The van der Waals surface area contributed by atoms with Crippen LogP contribution in [0.5, 0.6) is 0 Å². The molecule has 3 nitrogen and oxygen atoms in total. The fraction of sp³-hybridized carbons (Fsp3) is 0.208. The third kappa shape index (κ3) is 4.68. The lowest BCUT2D eigenvalue weighted by Crippen LogP contribution is -3.00. The fourth-order valence-corrected chi connectivity index (χ4v) is 4.20. The Labute approximate surface area is 190 Å². The minimum Gasteiger partial charge on any atom is -1.00 e. The van der Waals surface area contributed by atoms with E-state index in [1.165, 1.54) is 19.1 Å². The summed E-state index contributed by atoms with van der Waals surface area (Å²) in [6.07, 6.45) is 4.70. The molecule has 6 heteroatoms. The summed E-state index contributed by atoms with van der Waals surface area (Å²) in [5.74, 6) is -0.628. The molecule has 30 heavy (non-hydrogen) atoms. The number of nitrogens with zero attached hydrogens (tertiary/aromatic N) is 1. The molecule has 1 unspecified atom stereocenters. The highest BCUT2D eigenvalue weighted by Gasteiger charge is 2.32. The molecular weight excluding hydrogens is 469 g/mol. The van der Waals surface area contributed by atoms with Crippen LogP contribution in [-0.4, -0.2) is 11.6 Å². The minimum atomic E-state index is -0.330. The Morgan fingerprint density at radius 2 is 2.00 bits per heavy atom. The summed E-state index contributed by atoms with van der Waals surface area (Å²) in [6.45, 7) is 2.12. The number of halogens is 3. The molecule has 0 saturated heterocycles. The van der Waals surface area contributed by atoms with Gasteiger partial charge in [-0.05, 0) is 61.2 Å². The third-order valence-electron chi connectivity index (χ3n) is 5.38. The van der Waals surface area contributed by atoms with Crippen molar-refractivity contribution >= 4 is 23.2 Å². The first-order valence-corrected chi connectivity index (χ1v) is 9.88. The van der Waals surface area contributed by atoms with E-state index in [1.54, 1.807) is 6.07 Å². The van der Waals surface area contributed by atoms with Crippen molar-refractivity contribution in [2.75, 3.05) is 0 Å². The summed E-state index contributed by atoms with van der Waals surface area (Å²) < 4.78 is 15.4. The predicted molar refractivity (Wildman–Crippen MR) is 109 cm³/mol. The molecule has 0 saturated carbocycles. The monoisotopic (exact) mass is 487 g/mol. The number of hydrogen-bond donors (Lipinski definition) is 0. The van der Waals surface area contributed by atoms with Crippen molar-refractivity contribution < 1.29 is 35.5 Å². The van der Waals surface area contributed by atoms with Gasteiger partial charge in [-0.2, -0.15) is 0 Å². The number of carbonyl (C=O) groups is 2. The van der Waals surface area contributed by atoms with Crippen molar-refractivity contribution in [1.29, 1.82) is 0 Å². The first-order valence-electron chi connectivity index (χ1n) is 9.50. The molecule has 1 aliphatic rings. The van der Waals surface area contributed by atoms with Gasteiger partial charge >= 0.3 is 0 Å². The van der Waals surface area contributed by atoms with Crippen LogP contribution < -0.4 is 21.5 Å². The van der Waals surface area contributed by atoms with Gasteiger partial charge in [-0.3, -0.25) is 9.59 Å². The van der Waals surface area contributed by atoms with E-state index in [4.69, 9.17) is 11.6 Å². The average molecular weight is 489 g/mol. The van der Waals surface area contributed by atoms with E-state index < -0.39 is 0 Å². The zero-order chi connectivity index (χ0) is 20.5. The van der Waals surface area contributed by atoms with E-state index in [0.717, 1.165) is 16.7 Å². The van der Waals surface area contributed by atoms with Gasteiger partial charge in [-0.25, -0.2) is 8.96 Å². The molecule has 2 aromatic carbocycles. The molecule has 0 spiro atoms. The van der Waals surface area contributed by atoms with Gasteiger partial charge in [0.05, 0.1) is 5.56 Å². The Balaban J connectivity index is 0.00000256. The second-order valence-electron chi connectivity index (χ2n) is 7.51. The smallest absolute Gasteiger partial charge is 0.180 e. The second kappa shape index (κ2) is 9.19. The summed E-state index contributed by atoms with van der Waals surface area (Å²) in [5, 5.41) is 0.669. The number of hydrogen-bond acceptors (Lipinski definition) is 2. The van der Waals surface area contributed by atoms with Crippen LogP contribution in [0.2, 0.25) is 5.02 Å². The standard InChI is InChI=1S/C24H20ClFNO2.BrH/c1-15(28)23-14-27(13-16-3-2-4-20(25)9-16)8-7-17(23)10-19-11-18-12-21(26)5-6-22(18)24(19)29;/h2-9,12,14,19H,10-11,13H2,1H3;1H/q+1;/p-1. The van der Waals surface area contributed by atoms with Crippen molar-refractivity contribution in [1.82, 2.24) is 0 Å². The molecule has 0 aliphatic heterocycles. The van der Waals surface area contributed by atoms with Gasteiger partial charge in [0.2, 0.25) is 0 Å². The molecule has 3 aromatic rings. The highest BCUT2D eigenvalue weighted by Crippen LogP contribution is 2.30. The maximum absolute atomic E-state index is 13.5. The predicted octanol–water partition coefficient (Wildman–Crippen LogP) is 1.62. The van der Waals surface area contributed by atoms with Gasteiger partial charge in [0, 0.05) is 28.1 Å². The van der Waals surface area contributed by atoms with Crippen molar-refractivity contribution in [3.05, 3.63) is 99.6 Å². The van der Waals surface area contributed by atoms with E-state index >= 15 is 0 Å². The first kappa shape index (κ1) is 22.3. The number of carbonyl (C=O) groups excluding carboxylic acids is 2. The highest BCUT2D eigenvalue weighted by atomic mass is 79.9. The van der Waals surface area contributed by atoms with Crippen molar-refractivity contribution in [2.45, 2.75) is 26.3 Å². The number of rotatable bonds is 5. The van der Waals surface area contributed by atoms with Gasteiger partial charge < -0.3 is 17.0 Å². The SMILES string of the molecule is CC(=O)c1c[n+](Cc2cccc(Cl)c2)ccc1CC1Cc2cc(F)ccc2C1=O.[Br-]. The van der Waals surface area contributed by atoms with Crippen LogP contribution in [0.4, 0.5) is 4.39 Å². The maximum atomic E-state index is 13.5. The molecule has 0 bridgehead atoms. The van der Waals surface area contributed by atoms with Crippen molar-refractivity contribution in [2.24, 2.45) is 5.92 Å². The zero-order valence-corrected chi connectivity index (χ0v) is 18.7. The fourth-order valence-electron chi connectivity index (χ4n) is 3.99. The molecule has 4 rings (SSSR count). The van der Waals surface area contributed by atoms with Crippen LogP contribution in [0.1, 0.15) is 44.3 Å². The van der Waals surface area contributed by atoms with Gasteiger partial charge in [0.1, 0.15) is 5.82 Å². The molecular formula is C24H20BrClFNO2. The molecule has 0 radical (unpaired) electrons. The summed E-state index contributed by atoms with van der Waals surface area (Å²) in [6, 6.07) is 13.8. The third-order valence-corrected chi connectivity index (χ3v) is 5.61. The Morgan fingerprint density at radius 1 is 1.20 bits per heavy atom.